The number of imidazole rings is 1. The summed E-state index contributed by atoms with van der Waals surface area (Å²) in [6.45, 7) is 0. The number of aromatic nitrogens is 4. The molecular weight excluding hydrogens is 252 g/mol. The summed E-state index contributed by atoms with van der Waals surface area (Å²) in [5.74, 6) is 0.487. The van der Waals surface area contributed by atoms with Crippen LogP contribution in [0.1, 0.15) is 0 Å². The monoisotopic (exact) mass is 262 g/mol. The van der Waals surface area contributed by atoms with Gasteiger partial charge in [0.2, 0.25) is 5.95 Å². The van der Waals surface area contributed by atoms with Crippen LogP contribution in [0.5, 0.6) is 0 Å². The highest BCUT2D eigenvalue weighted by atomic mass is 16.1. The summed E-state index contributed by atoms with van der Waals surface area (Å²) in [5, 5.41) is 0.987. The third-order valence-electron chi connectivity index (χ3n) is 3.26. The lowest BCUT2D eigenvalue weighted by molar-refractivity contribution is 0.958. The average Bonchev–Trinajstić information content (AvgIpc) is 2.90. The number of para-hydroxylation sites is 1. The average molecular weight is 262 g/mol. The molecule has 0 atom stereocenters. The number of aromatic amines is 1. The van der Waals surface area contributed by atoms with E-state index in [2.05, 4.69) is 15.0 Å². The third kappa shape index (κ3) is 1.53. The summed E-state index contributed by atoms with van der Waals surface area (Å²) >= 11 is 0. The van der Waals surface area contributed by atoms with Crippen molar-refractivity contribution in [2.24, 2.45) is 0 Å². The van der Waals surface area contributed by atoms with Crippen LogP contribution in [0.15, 0.2) is 59.5 Å². The Morgan fingerprint density at radius 2 is 1.90 bits per heavy atom. The van der Waals surface area contributed by atoms with E-state index in [1.807, 2.05) is 42.5 Å². The minimum absolute atomic E-state index is 0.122. The molecule has 0 saturated heterocycles. The molecule has 3 heterocycles. The number of nitrogens with zero attached hydrogens (tertiary/aromatic N) is 3. The Morgan fingerprint density at radius 3 is 2.80 bits per heavy atom. The van der Waals surface area contributed by atoms with Crippen LogP contribution in [0.25, 0.3) is 28.0 Å². The number of hydrogen-bond donors (Lipinski definition) is 1. The minimum Gasteiger partial charge on any atom is -0.322 e. The Balaban J connectivity index is 2.11. The lowest BCUT2D eigenvalue weighted by Crippen LogP contribution is -2.18. The molecule has 0 fully saturated rings. The van der Waals surface area contributed by atoms with Gasteiger partial charge < -0.3 is 4.98 Å². The summed E-state index contributed by atoms with van der Waals surface area (Å²) in [5.41, 5.74) is 2.10. The maximum Gasteiger partial charge on any atom is 0.257 e. The van der Waals surface area contributed by atoms with Gasteiger partial charge in [-0.25, -0.2) is 9.55 Å². The summed E-state index contributed by atoms with van der Waals surface area (Å²) < 4.78 is 1.57. The van der Waals surface area contributed by atoms with E-state index >= 15 is 0 Å². The van der Waals surface area contributed by atoms with Gasteiger partial charge in [-0.05, 0) is 29.7 Å². The van der Waals surface area contributed by atoms with Crippen molar-refractivity contribution in [3.8, 4) is 5.95 Å². The zero-order chi connectivity index (χ0) is 13.5. The van der Waals surface area contributed by atoms with E-state index in [1.165, 1.54) is 0 Å². The molecule has 0 spiro atoms. The lowest BCUT2D eigenvalue weighted by Gasteiger charge is -2.06. The molecule has 0 amide bonds. The fraction of sp³-hybridized carbons (Fsp3) is 0. The molecular formula is C15H10N4O. The highest BCUT2D eigenvalue weighted by Crippen LogP contribution is 2.16. The SMILES string of the molecule is O=c1ccc2ccccc2n1-c1nc2ncccc2[nH]1. The van der Waals surface area contributed by atoms with Gasteiger partial charge in [0.25, 0.3) is 5.56 Å². The number of rotatable bonds is 1. The number of nitrogens with one attached hydrogen (secondary N) is 1. The normalized spacial score (nSPS) is 11.2. The Labute approximate surface area is 113 Å². The number of pyridine rings is 2. The van der Waals surface area contributed by atoms with Crippen molar-refractivity contribution in [3.05, 3.63) is 65.1 Å². The minimum atomic E-state index is -0.122. The quantitative estimate of drug-likeness (QED) is 0.572. The fourth-order valence-corrected chi connectivity index (χ4v) is 2.34. The summed E-state index contributed by atoms with van der Waals surface area (Å²) in [7, 11) is 0. The van der Waals surface area contributed by atoms with Crippen LogP contribution in [0, 0.1) is 0 Å². The van der Waals surface area contributed by atoms with Gasteiger partial charge in [0.15, 0.2) is 5.65 Å². The number of benzene rings is 1. The molecule has 4 aromatic rings. The van der Waals surface area contributed by atoms with E-state index in [9.17, 15) is 4.79 Å². The van der Waals surface area contributed by atoms with E-state index in [-0.39, 0.29) is 5.56 Å². The first-order valence-corrected chi connectivity index (χ1v) is 6.25. The second-order valence-corrected chi connectivity index (χ2v) is 4.50. The third-order valence-corrected chi connectivity index (χ3v) is 3.26. The lowest BCUT2D eigenvalue weighted by atomic mass is 10.2. The Kier molecular flexibility index (Phi) is 2.20. The molecule has 0 radical (unpaired) electrons. The van der Waals surface area contributed by atoms with Crippen molar-refractivity contribution < 1.29 is 0 Å². The molecule has 1 aromatic carbocycles. The highest BCUT2D eigenvalue weighted by Gasteiger charge is 2.09. The summed E-state index contributed by atoms with van der Waals surface area (Å²) in [6, 6.07) is 14.8. The van der Waals surface area contributed by atoms with Gasteiger partial charge in [-0.2, -0.15) is 4.98 Å². The molecule has 20 heavy (non-hydrogen) atoms. The second kappa shape index (κ2) is 4.03. The Hall–Kier alpha value is -2.95. The van der Waals surface area contributed by atoms with Crippen LogP contribution in [0.4, 0.5) is 0 Å². The van der Waals surface area contributed by atoms with E-state index in [1.54, 1.807) is 16.8 Å². The molecule has 5 heteroatoms. The molecule has 0 aliphatic carbocycles. The zero-order valence-corrected chi connectivity index (χ0v) is 10.4. The number of H-pyrrole nitrogens is 1. The molecule has 96 valence electrons. The van der Waals surface area contributed by atoms with Crippen LogP contribution >= 0.6 is 0 Å². The molecule has 0 unspecified atom stereocenters. The molecule has 0 bridgehead atoms. The first kappa shape index (κ1) is 10.9. The van der Waals surface area contributed by atoms with Gasteiger partial charge >= 0.3 is 0 Å². The van der Waals surface area contributed by atoms with E-state index < -0.39 is 0 Å². The molecule has 5 nitrogen and oxygen atoms in total. The van der Waals surface area contributed by atoms with Gasteiger partial charge in [-0.15, -0.1) is 0 Å². The Morgan fingerprint density at radius 1 is 1.00 bits per heavy atom. The maximum atomic E-state index is 12.2. The van der Waals surface area contributed by atoms with Gasteiger partial charge in [0.05, 0.1) is 11.0 Å². The van der Waals surface area contributed by atoms with Crippen molar-refractivity contribution in [1.29, 1.82) is 0 Å². The fourth-order valence-electron chi connectivity index (χ4n) is 2.34. The van der Waals surface area contributed by atoms with E-state index in [0.29, 0.717) is 11.6 Å². The van der Waals surface area contributed by atoms with Crippen LogP contribution in [-0.2, 0) is 0 Å². The molecule has 1 N–H and O–H groups in total. The van der Waals surface area contributed by atoms with Crippen molar-refractivity contribution in [2.45, 2.75) is 0 Å². The van der Waals surface area contributed by atoms with Crippen LogP contribution in [0.2, 0.25) is 0 Å². The standard InChI is InChI=1S/C15H10N4O/c20-13-8-7-10-4-1-2-6-12(10)19(13)15-17-11-5-3-9-16-14(11)18-15/h1-9H,(H,16,17,18). The van der Waals surface area contributed by atoms with Crippen molar-refractivity contribution in [1.82, 2.24) is 19.5 Å². The smallest absolute Gasteiger partial charge is 0.257 e. The zero-order valence-electron chi connectivity index (χ0n) is 10.4. The van der Waals surface area contributed by atoms with Gasteiger partial charge in [0, 0.05) is 12.3 Å². The summed E-state index contributed by atoms with van der Waals surface area (Å²) in [6.07, 6.45) is 1.68. The van der Waals surface area contributed by atoms with Crippen molar-refractivity contribution in [3.63, 3.8) is 0 Å². The highest BCUT2D eigenvalue weighted by molar-refractivity contribution is 5.81. The molecule has 4 rings (SSSR count). The molecule has 0 aliphatic rings. The Bertz CT molecular complexity index is 951. The first-order chi connectivity index (χ1) is 9.83. The largest absolute Gasteiger partial charge is 0.322 e. The van der Waals surface area contributed by atoms with Crippen LogP contribution < -0.4 is 5.56 Å². The second-order valence-electron chi connectivity index (χ2n) is 4.50. The maximum absolute atomic E-state index is 12.2. The first-order valence-electron chi connectivity index (χ1n) is 6.25. The molecule has 3 aromatic heterocycles. The van der Waals surface area contributed by atoms with Gasteiger partial charge in [-0.1, -0.05) is 18.2 Å². The van der Waals surface area contributed by atoms with Crippen LogP contribution in [-0.4, -0.2) is 19.5 Å². The predicted molar refractivity (Wildman–Crippen MR) is 77.0 cm³/mol. The van der Waals surface area contributed by atoms with Crippen molar-refractivity contribution in [2.75, 3.05) is 0 Å². The predicted octanol–water partition coefficient (Wildman–Crippen LogP) is 2.26. The number of hydrogen-bond acceptors (Lipinski definition) is 3. The van der Waals surface area contributed by atoms with Crippen molar-refractivity contribution >= 4 is 22.1 Å². The van der Waals surface area contributed by atoms with Gasteiger partial charge in [0.1, 0.15) is 0 Å². The topological polar surface area (TPSA) is 63.6 Å². The number of fused-ring (bicyclic) bond motifs is 2. The van der Waals surface area contributed by atoms with Gasteiger partial charge in [-0.3, -0.25) is 4.79 Å². The molecule has 0 saturated carbocycles. The van der Waals surface area contributed by atoms with E-state index in [4.69, 9.17) is 0 Å². The summed E-state index contributed by atoms with van der Waals surface area (Å²) in [4.78, 5) is 23.9. The van der Waals surface area contributed by atoms with E-state index in [0.717, 1.165) is 16.4 Å². The van der Waals surface area contributed by atoms with Crippen LogP contribution in [0.3, 0.4) is 0 Å². The molecule has 0 aliphatic heterocycles.